The molecule has 0 aliphatic rings. The Morgan fingerprint density at radius 3 is 2.40 bits per heavy atom. The molecule has 0 heterocycles. The van der Waals surface area contributed by atoms with Crippen molar-refractivity contribution in [2.75, 3.05) is 11.9 Å². The van der Waals surface area contributed by atoms with Crippen molar-refractivity contribution in [3.8, 4) is 0 Å². The summed E-state index contributed by atoms with van der Waals surface area (Å²) in [6.07, 6.45) is 0. The van der Waals surface area contributed by atoms with Crippen molar-refractivity contribution in [3.63, 3.8) is 0 Å². The van der Waals surface area contributed by atoms with Crippen molar-refractivity contribution < 1.29 is 4.39 Å². The van der Waals surface area contributed by atoms with Crippen molar-refractivity contribution in [1.29, 1.82) is 0 Å². The van der Waals surface area contributed by atoms with E-state index >= 15 is 0 Å². The van der Waals surface area contributed by atoms with E-state index in [0.29, 0.717) is 27.3 Å². The van der Waals surface area contributed by atoms with Crippen LogP contribution in [0.15, 0.2) is 36.4 Å². The highest BCUT2D eigenvalue weighted by atomic mass is 35.5. The number of hydrogen-bond donors (Lipinski definition) is 2. The lowest BCUT2D eigenvalue weighted by Crippen LogP contribution is -2.20. The van der Waals surface area contributed by atoms with E-state index in [4.69, 9.17) is 40.5 Å². The van der Waals surface area contributed by atoms with Crippen molar-refractivity contribution in [1.82, 2.24) is 0 Å². The van der Waals surface area contributed by atoms with Crippen LogP contribution in [0.3, 0.4) is 0 Å². The first-order chi connectivity index (χ1) is 9.49. The second-order valence-electron chi connectivity index (χ2n) is 4.26. The fraction of sp³-hybridized carbons (Fsp3) is 0.143. The molecule has 2 aromatic rings. The fourth-order valence-electron chi connectivity index (χ4n) is 1.85. The number of nitrogens with two attached hydrogens (primary N) is 1. The lowest BCUT2D eigenvalue weighted by atomic mass is 10.1. The summed E-state index contributed by atoms with van der Waals surface area (Å²) in [7, 11) is 0. The molecular weight excluding hydrogens is 322 g/mol. The van der Waals surface area contributed by atoms with E-state index in [-0.39, 0.29) is 6.04 Å². The number of halogens is 4. The average Bonchev–Trinajstić information content (AvgIpc) is 2.38. The van der Waals surface area contributed by atoms with Gasteiger partial charge in [-0.25, -0.2) is 4.39 Å². The minimum Gasteiger partial charge on any atom is -0.377 e. The molecule has 0 radical (unpaired) electrons. The van der Waals surface area contributed by atoms with E-state index < -0.39 is 5.82 Å². The zero-order valence-corrected chi connectivity index (χ0v) is 12.6. The molecule has 0 aromatic heterocycles. The van der Waals surface area contributed by atoms with Crippen LogP contribution in [0.5, 0.6) is 0 Å². The van der Waals surface area contributed by atoms with Gasteiger partial charge in [-0.2, -0.15) is 0 Å². The third-order valence-electron chi connectivity index (χ3n) is 2.79. The Hall–Kier alpha value is -1.000. The van der Waals surface area contributed by atoms with Gasteiger partial charge in [0.25, 0.3) is 0 Å². The maximum Gasteiger partial charge on any atom is 0.126 e. The van der Waals surface area contributed by atoms with Crippen molar-refractivity contribution in [2.24, 2.45) is 5.73 Å². The highest BCUT2D eigenvalue weighted by Crippen LogP contribution is 2.28. The van der Waals surface area contributed by atoms with Crippen LogP contribution >= 0.6 is 34.8 Å². The van der Waals surface area contributed by atoms with Crippen LogP contribution in [-0.4, -0.2) is 6.54 Å². The smallest absolute Gasteiger partial charge is 0.126 e. The van der Waals surface area contributed by atoms with Crippen LogP contribution in [0, 0.1) is 5.82 Å². The highest BCUT2D eigenvalue weighted by molar-refractivity contribution is 6.42. The Balaban J connectivity index is 2.26. The molecule has 0 aliphatic carbocycles. The van der Waals surface area contributed by atoms with E-state index in [1.165, 1.54) is 12.1 Å². The number of anilines is 1. The van der Waals surface area contributed by atoms with Gasteiger partial charge in [-0.3, -0.25) is 0 Å². The van der Waals surface area contributed by atoms with Gasteiger partial charge in [0.05, 0.1) is 16.1 Å². The van der Waals surface area contributed by atoms with Crippen LogP contribution in [0.25, 0.3) is 0 Å². The lowest BCUT2D eigenvalue weighted by Gasteiger charge is -2.19. The summed E-state index contributed by atoms with van der Waals surface area (Å²) in [5, 5.41) is 4.36. The number of nitrogens with one attached hydrogen (secondary N) is 1. The number of hydrogen-bond acceptors (Lipinski definition) is 2. The molecule has 0 bridgehead atoms. The van der Waals surface area contributed by atoms with Crippen LogP contribution in [-0.2, 0) is 0 Å². The standard InChI is InChI=1S/C14H12Cl3FN2/c15-9-4-10(18)6-11(5-9)20-14(7-19)8-1-2-12(16)13(17)3-8/h1-6,14,20H,7,19H2. The fourth-order valence-corrected chi connectivity index (χ4v) is 2.37. The van der Waals surface area contributed by atoms with Gasteiger partial charge in [-0.1, -0.05) is 40.9 Å². The van der Waals surface area contributed by atoms with Gasteiger partial charge in [-0.15, -0.1) is 0 Å². The van der Waals surface area contributed by atoms with Gasteiger partial charge < -0.3 is 11.1 Å². The monoisotopic (exact) mass is 332 g/mol. The SMILES string of the molecule is NCC(Nc1cc(F)cc(Cl)c1)c1ccc(Cl)c(Cl)c1. The summed E-state index contributed by atoms with van der Waals surface area (Å²) >= 11 is 17.7. The van der Waals surface area contributed by atoms with Crippen molar-refractivity contribution in [2.45, 2.75) is 6.04 Å². The first kappa shape index (κ1) is 15.4. The summed E-state index contributed by atoms with van der Waals surface area (Å²) in [5.74, 6) is -0.412. The van der Waals surface area contributed by atoms with Gasteiger partial charge in [0.2, 0.25) is 0 Å². The lowest BCUT2D eigenvalue weighted by molar-refractivity contribution is 0.627. The molecule has 20 heavy (non-hydrogen) atoms. The molecule has 0 fully saturated rings. The summed E-state index contributed by atoms with van der Waals surface area (Å²) in [4.78, 5) is 0. The van der Waals surface area contributed by atoms with Gasteiger partial charge in [-0.05, 0) is 35.9 Å². The highest BCUT2D eigenvalue weighted by Gasteiger charge is 2.12. The topological polar surface area (TPSA) is 38.0 Å². The predicted molar refractivity (Wildman–Crippen MR) is 83.3 cm³/mol. The maximum absolute atomic E-state index is 13.3. The zero-order chi connectivity index (χ0) is 14.7. The normalized spacial score (nSPS) is 12.2. The van der Waals surface area contributed by atoms with E-state index in [1.54, 1.807) is 18.2 Å². The first-order valence-corrected chi connectivity index (χ1v) is 7.00. The van der Waals surface area contributed by atoms with Gasteiger partial charge >= 0.3 is 0 Å². The molecule has 0 saturated heterocycles. The predicted octanol–water partition coefficient (Wildman–Crippen LogP) is 4.90. The summed E-state index contributed by atoms with van der Waals surface area (Å²) in [6.45, 7) is 0.312. The molecule has 1 unspecified atom stereocenters. The van der Waals surface area contributed by atoms with Crippen molar-refractivity contribution >= 4 is 40.5 Å². The van der Waals surface area contributed by atoms with Crippen LogP contribution < -0.4 is 11.1 Å². The molecule has 0 spiro atoms. The zero-order valence-electron chi connectivity index (χ0n) is 10.3. The molecule has 6 heteroatoms. The summed E-state index contributed by atoms with van der Waals surface area (Å²) < 4.78 is 13.3. The van der Waals surface area contributed by atoms with Crippen molar-refractivity contribution in [3.05, 3.63) is 62.8 Å². The third-order valence-corrected chi connectivity index (χ3v) is 3.74. The average molecular weight is 334 g/mol. The summed E-state index contributed by atoms with van der Waals surface area (Å²) in [5.41, 5.74) is 7.17. The quantitative estimate of drug-likeness (QED) is 0.835. The van der Waals surface area contributed by atoms with Gasteiger partial charge in [0, 0.05) is 17.3 Å². The molecule has 2 rings (SSSR count). The molecule has 1 atom stereocenters. The van der Waals surface area contributed by atoms with E-state index in [0.717, 1.165) is 5.56 Å². The molecule has 3 N–H and O–H groups in total. The molecule has 0 amide bonds. The Morgan fingerprint density at radius 2 is 1.80 bits per heavy atom. The Labute approximate surface area is 131 Å². The van der Waals surface area contributed by atoms with Gasteiger partial charge in [0.15, 0.2) is 0 Å². The summed E-state index contributed by atoms with van der Waals surface area (Å²) in [6, 6.07) is 9.25. The molecule has 0 aliphatic heterocycles. The van der Waals surface area contributed by atoms with Crippen LogP contribution in [0.4, 0.5) is 10.1 Å². The second-order valence-corrected chi connectivity index (χ2v) is 5.52. The van der Waals surface area contributed by atoms with Crippen LogP contribution in [0.2, 0.25) is 15.1 Å². The molecule has 0 saturated carbocycles. The molecule has 2 nitrogen and oxygen atoms in total. The van der Waals surface area contributed by atoms with Crippen LogP contribution in [0.1, 0.15) is 11.6 Å². The minimum atomic E-state index is -0.412. The molecule has 106 valence electrons. The van der Waals surface area contributed by atoms with E-state index in [9.17, 15) is 4.39 Å². The first-order valence-electron chi connectivity index (χ1n) is 5.87. The number of rotatable bonds is 4. The Kier molecular flexibility index (Phi) is 5.11. The largest absolute Gasteiger partial charge is 0.377 e. The van der Waals surface area contributed by atoms with Gasteiger partial charge in [0.1, 0.15) is 5.82 Å². The Bertz CT molecular complexity index is 599. The number of benzene rings is 2. The molecule has 2 aromatic carbocycles. The molecular formula is C14H12Cl3FN2. The minimum absolute atomic E-state index is 0.220. The second kappa shape index (κ2) is 6.64. The Morgan fingerprint density at radius 1 is 1.05 bits per heavy atom. The van der Waals surface area contributed by atoms with E-state index in [2.05, 4.69) is 5.32 Å². The van der Waals surface area contributed by atoms with E-state index in [1.807, 2.05) is 6.07 Å². The maximum atomic E-state index is 13.3. The third kappa shape index (κ3) is 3.76.